The summed E-state index contributed by atoms with van der Waals surface area (Å²) in [6.07, 6.45) is 0. The highest BCUT2D eigenvalue weighted by molar-refractivity contribution is 14.1. The molecule has 0 aliphatic heterocycles. The van der Waals surface area contributed by atoms with Crippen molar-refractivity contribution in [2.75, 3.05) is 12.4 Å². The van der Waals surface area contributed by atoms with Gasteiger partial charge in [-0.3, -0.25) is 0 Å². The first kappa shape index (κ1) is 15.5. The number of hydrogen-bond acceptors (Lipinski definition) is 5. The van der Waals surface area contributed by atoms with Crippen LogP contribution in [0.1, 0.15) is 13.8 Å². The number of methoxy groups -OCH3 is 1. The Kier molecular flexibility index (Phi) is 4.49. The van der Waals surface area contributed by atoms with Crippen LogP contribution in [0.4, 0.5) is 5.13 Å². The van der Waals surface area contributed by atoms with Crippen molar-refractivity contribution in [2.45, 2.75) is 19.9 Å². The number of rotatable bonds is 4. The number of fused-ring (bicyclic) bond motifs is 1. The molecule has 0 spiro atoms. The summed E-state index contributed by atoms with van der Waals surface area (Å²) >= 11 is 3.87. The van der Waals surface area contributed by atoms with Crippen molar-refractivity contribution in [1.29, 1.82) is 0 Å². The lowest BCUT2D eigenvalue weighted by Crippen LogP contribution is -2.09. The first-order valence-corrected chi connectivity index (χ1v) is 8.89. The molecule has 4 nitrogen and oxygen atoms in total. The van der Waals surface area contributed by atoms with Gasteiger partial charge in [-0.15, -0.1) is 11.3 Å². The van der Waals surface area contributed by atoms with Gasteiger partial charge in [-0.25, -0.2) is 9.97 Å². The van der Waals surface area contributed by atoms with Crippen molar-refractivity contribution in [2.24, 2.45) is 0 Å². The summed E-state index contributed by atoms with van der Waals surface area (Å²) in [5.74, 6) is 0.848. The van der Waals surface area contributed by atoms with E-state index in [9.17, 15) is 0 Å². The number of hydrogen-bond donors (Lipinski definition) is 1. The molecule has 0 aliphatic rings. The van der Waals surface area contributed by atoms with Crippen molar-refractivity contribution < 1.29 is 4.74 Å². The zero-order chi connectivity index (χ0) is 15.7. The molecule has 0 saturated heterocycles. The summed E-state index contributed by atoms with van der Waals surface area (Å²) in [7, 11) is 1.68. The molecule has 6 heteroatoms. The van der Waals surface area contributed by atoms with Gasteiger partial charge in [0.1, 0.15) is 15.1 Å². The number of nitrogens with zero attached hydrogens (tertiary/aromatic N) is 2. The van der Waals surface area contributed by atoms with Gasteiger partial charge < -0.3 is 10.1 Å². The van der Waals surface area contributed by atoms with Gasteiger partial charge in [0.15, 0.2) is 5.13 Å². The lowest BCUT2D eigenvalue weighted by Gasteiger charge is -2.06. The minimum absolute atomic E-state index is 0.368. The van der Waals surface area contributed by atoms with Gasteiger partial charge in [-0.1, -0.05) is 0 Å². The summed E-state index contributed by atoms with van der Waals surface area (Å²) in [4.78, 5) is 9.30. The second kappa shape index (κ2) is 6.37. The van der Waals surface area contributed by atoms with E-state index in [2.05, 4.69) is 57.8 Å². The molecule has 0 saturated carbocycles. The molecular formula is C16H16IN3OS. The molecule has 1 aromatic carbocycles. The van der Waals surface area contributed by atoms with Crippen LogP contribution in [0.25, 0.3) is 22.2 Å². The molecule has 0 unspecified atom stereocenters. The quantitative estimate of drug-likeness (QED) is 0.482. The van der Waals surface area contributed by atoms with Gasteiger partial charge in [0, 0.05) is 16.8 Å². The predicted molar refractivity (Wildman–Crippen MR) is 101 cm³/mol. The van der Waals surface area contributed by atoms with Crippen LogP contribution < -0.4 is 10.1 Å². The van der Waals surface area contributed by atoms with E-state index in [4.69, 9.17) is 4.74 Å². The molecule has 22 heavy (non-hydrogen) atoms. The molecular weight excluding hydrogens is 409 g/mol. The highest BCUT2D eigenvalue weighted by Crippen LogP contribution is 2.30. The molecule has 0 bridgehead atoms. The van der Waals surface area contributed by atoms with E-state index in [0.717, 1.165) is 36.7 Å². The predicted octanol–water partition coefficient (Wildman–Crippen LogP) is 4.79. The molecule has 0 aliphatic carbocycles. The molecule has 1 N–H and O–H groups in total. The van der Waals surface area contributed by atoms with Crippen molar-refractivity contribution >= 4 is 49.8 Å². The smallest absolute Gasteiger partial charge is 0.183 e. The fourth-order valence-corrected chi connectivity index (χ4v) is 3.76. The highest BCUT2D eigenvalue weighted by Gasteiger charge is 2.10. The Labute approximate surface area is 147 Å². The van der Waals surface area contributed by atoms with Gasteiger partial charge in [-0.05, 0) is 66.1 Å². The monoisotopic (exact) mass is 425 g/mol. The molecule has 2 aromatic heterocycles. The number of pyridine rings is 1. The zero-order valence-electron chi connectivity index (χ0n) is 12.6. The summed E-state index contributed by atoms with van der Waals surface area (Å²) in [5, 5.41) is 8.52. The van der Waals surface area contributed by atoms with Crippen LogP contribution in [0.5, 0.6) is 5.75 Å². The van der Waals surface area contributed by atoms with Crippen molar-refractivity contribution in [3.8, 4) is 17.1 Å². The summed E-state index contributed by atoms with van der Waals surface area (Å²) in [6.45, 7) is 4.20. The number of thiazole rings is 1. The van der Waals surface area contributed by atoms with Crippen LogP contribution in [0.3, 0.4) is 0 Å². The minimum Gasteiger partial charge on any atom is -0.497 e. The Morgan fingerprint density at radius 3 is 2.73 bits per heavy atom. The fraction of sp³-hybridized carbons (Fsp3) is 0.250. The number of benzene rings is 1. The molecule has 3 aromatic rings. The van der Waals surface area contributed by atoms with E-state index < -0.39 is 0 Å². The minimum atomic E-state index is 0.368. The van der Waals surface area contributed by atoms with Crippen LogP contribution in [0, 0.1) is 3.70 Å². The SMILES string of the molecule is COc1ccc2c(I)nc(-c3csc(NC(C)C)n3)cc2c1. The van der Waals surface area contributed by atoms with E-state index in [1.807, 2.05) is 23.6 Å². The van der Waals surface area contributed by atoms with E-state index in [1.165, 1.54) is 0 Å². The first-order chi connectivity index (χ1) is 10.6. The van der Waals surface area contributed by atoms with Crippen LogP contribution >= 0.6 is 33.9 Å². The first-order valence-electron chi connectivity index (χ1n) is 6.93. The maximum atomic E-state index is 5.31. The third-order valence-electron chi connectivity index (χ3n) is 3.17. The normalized spacial score (nSPS) is 11.1. The molecule has 0 atom stereocenters. The molecule has 0 radical (unpaired) electrons. The van der Waals surface area contributed by atoms with Gasteiger partial charge in [0.2, 0.25) is 0 Å². The lowest BCUT2D eigenvalue weighted by atomic mass is 10.1. The van der Waals surface area contributed by atoms with E-state index in [-0.39, 0.29) is 0 Å². The average molecular weight is 425 g/mol. The number of aromatic nitrogens is 2. The number of nitrogens with one attached hydrogen (secondary N) is 1. The molecule has 0 amide bonds. The number of anilines is 1. The summed E-state index contributed by atoms with van der Waals surface area (Å²) in [5.41, 5.74) is 1.79. The third-order valence-corrected chi connectivity index (χ3v) is 4.77. The topological polar surface area (TPSA) is 47.0 Å². The van der Waals surface area contributed by atoms with Crippen LogP contribution in [0.2, 0.25) is 0 Å². The number of ether oxygens (including phenoxy) is 1. The summed E-state index contributed by atoms with van der Waals surface area (Å²) < 4.78 is 6.28. The standard InChI is InChI=1S/C16H16IN3OS/c1-9(2)18-16-20-14(8-22-16)13-7-10-6-11(21-3)4-5-12(10)15(17)19-13/h4-9H,1-3H3,(H,18,20). The maximum absolute atomic E-state index is 5.31. The molecule has 0 fully saturated rings. The van der Waals surface area contributed by atoms with Crippen LogP contribution in [-0.2, 0) is 0 Å². The Morgan fingerprint density at radius 1 is 1.18 bits per heavy atom. The number of halogens is 1. The second-order valence-electron chi connectivity index (χ2n) is 5.22. The summed E-state index contributed by atoms with van der Waals surface area (Å²) in [6, 6.07) is 8.46. The molecule has 3 rings (SSSR count). The van der Waals surface area contributed by atoms with Gasteiger partial charge in [0.25, 0.3) is 0 Å². The van der Waals surface area contributed by atoms with Gasteiger partial charge in [0.05, 0.1) is 12.8 Å². The van der Waals surface area contributed by atoms with E-state index in [1.54, 1.807) is 18.4 Å². The van der Waals surface area contributed by atoms with Gasteiger partial charge >= 0.3 is 0 Å². The average Bonchev–Trinajstić information content (AvgIpc) is 2.94. The van der Waals surface area contributed by atoms with E-state index in [0.29, 0.717) is 6.04 Å². The third kappa shape index (κ3) is 3.17. The maximum Gasteiger partial charge on any atom is 0.183 e. The van der Waals surface area contributed by atoms with Crippen molar-refractivity contribution in [3.05, 3.63) is 33.3 Å². The second-order valence-corrected chi connectivity index (χ2v) is 7.10. The Morgan fingerprint density at radius 2 is 2.00 bits per heavy atom. The van der Waals surface area contributed by atoms with Crippen LogP contribution in [0.15, 0.2) is 29.6 Å². The molecule has 114 valence electrons. The lowest BCUT2D eigenvalue weighted by molar-refractivity contribution is 0.415. The van der Waals surface area contributed by atoms with Crippen molar-refractivity contribution in [1.82, 2.24) is 9.97 Å². The van der Waals surface area contributed by atoms with E-state index >= 15 is 0 Å². The molecule has 2 heterocycles. The fourth-order valence-electron chi connectivity index (χ4n) is 2.16. The van der Waals surface area contributed by atoms with Crippen LogP contribution in [-0.4, -0.2) is 23.1 Å². The Bertz CT molecular complexity index is 816. The Hall–Kier alpha value is -1.41. The van der Waals surface area contributed by atoms with Crippen molar-refractivity contribution in [3.63, 3.8) is 0 Å². The zero-order valence-corrected chi connectivity index (χ0v) is 15.5. The largest absolute Gasteiger partial charge is 0.497 e. The Balaban J connectivity index is 2.05. The highest BCUT2D eigenvalue weighted by atomic mass is 127. The van der Waals surface area contributed by atoms with Gasteiger partial charge in [-0.2, -0.15) is 0 Å².